The summed E-state index contributed by atoms with van der Waals surface area (Å²) in [6.45, 7) is 2.34. The summed E-state index contributed by atoms with van der Waals surface area (Å²) in [6.07, 6.45) is 6.94. The van der Waals surface area contributed by atoms with Crippen LogP contribution in [0.4, 0.5) is 0 Å². The van der Waals surface area contributed by atoms with Crippen molar-refractivity contribution in [3.8, 4) is 0 Å². The molecule has 2 saturated heterocycles. The summed E-state index contributed by atoms with van der Waals surface area (Å²) in [5.74, 6) is 1.68. The second-order valence-corrected chi connectivity index (χ2v) is 6.17. The number of nitrogens with zero attached hydrogens (tertiary/aromatic N) is 1. The summed E-state index contributed by atoms with van der Waals surface area (Å²) in [4.78, 5) is 2.68. The molecule has 0 aromatic heterocycles. The monoisotopic (exact) mass is 243 g/mol. The van der Waals surface area contributed by atoms with E-state index in [9.17, 15) is 0 Å². The van der Waals surface area contributed by atoms with E-state index in [0.717, 1.165) is 23.9 Å². The third kappa shape index (κ3) is 1.99. The molecule has 2 fully saturated rings. The summed E-state index contributed by atoms with van der Waals surface area (Å²) in [5.41, 5.74) is 1.58. The first-order valence-corrected chi connectivity index (χ1v) is 7.58. The lowest BCUT2D eigenvalue weighted by Gasteiger charge is -2.43. The zero-order valence-corrected chi connectivity index (χ0v) is 11.7. The van der Waals surface area contributed by atoms with E-state index in [1.54, 1.807) is 5.56 Å². The van der Waals surface area contributed by atoms with Crippen LogP contribution < -0.4 is 0 Å². The van der Waals surface area contributed by atoms with E-state index in [1.165, 1.54) is 32.1 Å². The molecule has 0 aliphatic carbocycles. The first-order valence-electron chi connectivity index (χ1n) is 7.58. The Kier molecular flexibility index (Phi) is 3.43. The highest BCUT2D eigenvalue weighted by Crippen LogP contribution is 2.47. The molecule has 1 heteroatoms. The summed E-state index contributed by atoms with van der Waals surface area (Å²) in [6, 6.07) is 12.9. The van der Waals surface area contributed by atoms with Crippen LogP contribution in [0.5, 0.6) is 0 Å². The van der Waals surface area contributed by atoms with E-state index in [-0.39, 0.29) is 0 Å². The maximum atomic E-state index is 2.68. The van der Waals surface area contributed by atoms with Gasteiger partial charge in [-0.05, 0) is 50.1 Å². The fourth-order valence-corrected chi connectivity index (χ4v) is 4.39. The Bertz CT molecular complexity index is 386. The minimum Gasteiger partial charge on any atom is -0.300 e. The summed E-state index contributed by atoms with van der Waals surface area (Å²) in [7, 11) is 2.35. The van der Waals surface area contributed by atoms with Crippen molar-refractivity contribution in [3.05, 3.63) is 35.9 Å². The normalized spacial score (nSPS) is 35.9. The lowest BCUT2D eigenvalue weighted by Crippen LogP contribution is -2.45. The van der Waals surface area contributed by atoms with Crippen molar-refractivity contribution in [3.63, 3.8) is 0 Å². The predicted octanol–water partition coefficient (Wildman–Crippen LogP) is 4.05. The van der Waals surface area contributed by atoms with Crippen molar-refractivity contribution >= 4 is 0 Å². The van der Waals surface area contributed by atoms with Gasteiger partial charge >= 0.3 is 0 Å². The number of rotatable bonds is 3. The summed E-state index contributed by atoms with van der Waals surface area (Å²) < 4.78 is 0. The Hall–Kier alpha value is -0.820. The zero-order valence-electron chi connectivity index (χ0n) is 11.7. The molecule has 2 bridgehead atoms. The van der Waals surface area contributed by atoms with Crippen LogP contribution in [0.1, 0.15) is 50.5 Å². The van der Waals surface area contributed by atoms with E-state index in [2.05, 4.69) is 49.2 Å². The van der Waals surface area contributed by atoms with Crippen LogP contribution in [0, 0.1) is 5.92 Å². The second-order valence-electron chi connectivity index (χ2n) is 6.17. The van der Waals surface area contributed by atoms with Crippen LogP contribution in [-0.2, 0) is 0 Å². The molecule has 0 spiro atoms. The highest BCUT2D eigenvalue weighted by molar-refractivity contribution is 5.23. The molecule has 98 valence electrons. The Morgan fingerprint density at radius 3 is 2.67 bits per heavy atom. The van der Waals surface area contributed by atoms with Gasteiger partial charge in [-0.1, -0.05) is 43.7 Å². The van der Waals surface area contributed by atoms with Gasteiger partial charge in [-0.2, -0.15) is 0 Å². The Morgan fingerprint density at radius 2 is 1.94 bits per heavy atom. The molecule has 1 aromatic rings. The van der Waals surface area contributed by atoms with Crippen molar-refractivity contribution < 1.29 is 0 Å². The minimum atomic E-state index is 0.805. The molecule has 0 radical (unpaired) electrons. The fourth-order valence-electron chi connectivity index (χ4n) is 4.39. The van der Waals surface area contributed by atoms with Gasteiger partial charge < -0.3 is 4.90 Å². The third-order valence-corrected chi connectivity index (χ3v) is 5.28. The predicted molar refractivity (Wildman–Crippen MR) is 76.8 cm³/mol. The van der Waals surface area contributed by atoms with Crippen LogP contribution in [0.2, 0.25) is 0 Å². The van der Waals surface area contributed by atoms with Gasteiger partial charge in [0, 0.05) is 12.1 Å². The van der Waals surface area contributed by atoms with Gasteiger partial charge in [-0.15, -0.1) is 0 Å². The largest absolute Gasteiger partial charge is 0.300 e. The molecule has 0 saturated carbocycles. The molecule has 1 aromatic carbocycles. The Morgan fingerprint density at radius 1 is 1.17 bits per heavy atom. The van der Waals surface area contributed by atoms with Crippen LogP contribution in [0.25, 0.3) is 0 Å². The van der Waals surface area contributed by atoms with E-state index in [1.807, 2.05) is 0 Å². The van der Waals surface area contributed by atoms with Crippen LogP contribution >= 0.6 is 0 Å². The Labute approximate surface area is 111 Å². The molecular weight excluding hydrogens is 218 g/mol. The molecule has 2 aliphatic rings. The molecular formula is C17H25N. The van der Waals surface area contributed by atoms with Crippen LogP contribution in [-0.4, -0.2) is 24.0 Å². The third-order valence-electron chi connectivity index (χ3n) is 5.28. The van der Waals surface area contributed by atoms with E-state index in [4.69, 9.17) is 0 Å². The van der Waals surface area contributed by atoms with Gasteiger partial charge in [0.25, 0.3) is 0 Å². The lowest BCUT2D eigenvalue weighted by atomic mass is 9.74. The maximum Gasteiger partial charge on any atom is 0.0130 e. The highest BCUT2D eigenvalue weighted by atomic mass is 15.2. The summed E-state index contributed by atoms with van der Waals surface area (Å²) >= 11 is 0. The van der Waals surface area contributed by atoms with Crippen molar-refractivity contribution in [1.29, 1.82) is 0 Å². The average Bonchev–Trinajstić information content (AvgIpc) is 2.65. The van der Waals surface area contributed by atoms with E-state index >= 15 is 0 Å². The number of benzene rings is 1. The van der Waals surface area contributed by atoms with Crippen molar-refractivity contribution in [2.45, 2.75) is 57.0 Å². The maximum absolute atomic E-state index is 2.68. The van der Waals surface area contributed by atoms with Gasteiger partial charge in [0.15, 0.2) is 0 Å². The van der Waals surface area contributed by atoms with Crippen LogP contribution in [0.15, 0.2) is 30.3 Å². The molecule has 2 heterocycles. The molecule has 2 aliphatic heterocycles. The van der Waals surface area contributed by atoms with Crippen LogP contribution in [0.3, 0.4) is 0 Å². The summed E-state index contributed by atoms with van der Waals surface area (Å²) in [5, 5.41) is 0. The SMILES string of the molecule is CCC[C@H]1C(c2ccccc2)C[C@H]2CCC1N2C. The first-order chi connectivity index (χ1) is 8.81. The van der Waals surface area contributed by atoms with Gasteiger partial charge in [0.1, 0.15) is 0 Å². The topological polar surface area (TPSA) is 3.24 Å². The number of piperidine rings is 1. The molecule has 4 atom stereocenters. The zero-order chi connectivity index (χ0) is 12.5. The molecule has 0 amide bonds. The lowest BCUT2D eigenvalue weighted by molar-refractivity contribution is 0.0940. The smallest absolute Gasteiger partial charge is 0.0130 e. The van der Waals surface area contributed by atoms with Gasteiger partial charge in [0.05, 0.1) is 0 Å². The number of hydrogen-bond donors (Lipinski definition) is 0. The molecule has 18 heavy (non-hydrogen) atoms. The van der Waals surface area contributed by atoms with Gasteiger partial charge in [-0.3, -0.25) is 0 Å². The second kappa shape index (κ2) is 5.05. The van der Waals surface area contributed by atoms with Crippen molar-refractivity contribution in [1.82, 2.24) is 4.90 Å². The standard InChI is InChI=1S/C17H25N/c1-3-7-15-16(13-8-5-4-6-9-13)12-14-10-11-17(15)18(14)2/h4-6,8-9,14-17H,3,7,10-12H2,1-2H3/t14-,15+,16?,17?/m1/s1. The molecule has 3 rings (SSSR count). The molecule has 1 nitrogen and oxygen atoms in total. The van der Waals surface area contributed by atoms with Gasteiger partial charge in [-0.25, -0.2) is 0 Å². The van der Waals surface area contributed by atoms with Gasteiger partial charge in [0.2, 0.25) is 0 Å². The first kappa shape index (κ1) is 12.2. The highest BCUT2D eigenvalue weighted by Gasteiger charge is 2.45. The molecule has 0 N–H and O–H groups in total. The quantitative estimate of drug-likeness (QED) is 0.774. The Balaban J connectivity index is 1.89. The fraction of sp³-hybridized carbons (Fsp3) is 0.647. The van der Waals surface area contributed by atoms with E-state index < -0.39 is 0 Å². The van der Waals surface area contributed by atoms with E-state index in [0.29, 0.717) is 0 Å². The van der Waals surface area contributed by atoms with Crippen molar-refractivity contribution in [2.75, 3.05) is 7.05 Å². The number of fused-ring (bicyclic) bond motifs is 2. The number of hydrogen-bond acceptors (Lipinski definition) is 1. The average molecular weight is 243 g/mol. The minimum absolute atomic E-state index is 0.805. The van der Waals surface area contributed by atoms with Crippen molar-refractivity contribution in [2.24, 2.45) is 5.92 Å². The molecule has 2 unspecified atom stereocenters.